The molecule has 0 atom stereocenters. The highest BCUT2D eigenvalue weighted by atomic mass is 32.1. The summed E-state index contributed by atoms with van der Waals surface area (Å²) in [7, 11) is 4.10. The fourth-order valence-corrected chi connectivity index (χ4v) is 1.03. The molecule has 1 N–H and O–H groups in total. The lowest BCUT2D eigenvalue weighted by Gasteiger charge is -2.10. The second kappa shape index (κ2) is 5.09. The third kappa shape index (κ3) is 4.15. The van der Waals surface area contributed by atoms with Crippen LogP contribution < -0.4 is 5.32 Å². The predicted molar refractivity (Wildman–Crippen MR) is 58.5 cm³/mol. The number of hydrogen-bond donors (Lipinski definition) is 2. The van der Waals surface area contributed by atoms with Gasteiger partial charge in [0.1, 0.15) is 5.82 Å². The van der Waals surface area contributed by atoms with Crippen LogP contribution in [0, 0.1) is 0 Å². The van der Waals surface area contributed by atoms with Gasteiger partial charge in [0.05, 0.1) is 0 Å². The highest BCUT2D eigenvalue weighted by Crippen LogP contribution is 2.07. The standard InChI is InChI=1S/C9H15N3S/c1-12(2)6-5-10-9-4-3-8(13)7-11-9/h3-4,7,13H,5-6H2,1-2H3,(H,10,11). The summed E-state index contributed by atoms with van der Waals surface area (Å²) in [4.78, 5) is 7.18. The molecule has 0 aliphatic carbocycles. The highest BCUT2D eigenvalue weighted by molar-refractivity contribution is 7.80. The molecule has 0 spiro atoms. The van der Waals surface area contributed by atoms with Crippen molar-refractivity contribution in [2.45, 2.75) is 4.90 Å². The first-order valence-corrected chi connectivity index (χ1v) is 4.67. The quantitative estimate of drug-likeness (QED) is 0.714. The third-order valence-electron chi connectivity index (χ3n) is 1.61. The molecule has 0 fully saturated rings. The number of hydrogen-bond acceptors (Lipinski definition) is 4. The van der Waals surface area contributed by atoms with E-state index >= 15 is 0 Å². The third-order valence-corrected chi connectivity index (χ3v) is 1.88. The first-order valence-electron chi connectivity index (χ1n) is 4.22. The van der Waals surface area contributed by atoms with Crippen LogP contribution in [0.5, 0.6) is 0 Å². The van der Waals surface area contributed by atoms with Crippen molar-refractivity contribution in [2.75, 3.05) is 32.5 Å². The molecule has 0 aliphatic heterocycles. The van der Waals surface area contributed by atoms with Gasteiger partial charge in [-0.2, -0.15) is 0 Å². The Morgan fingerprint density at radius 2 is 2.23 bits per heavy atom. The van der Waals surface area contributed by atoms with Crippen LogP contribution in [0.15, 0.2) is 23.2 Å². The van der Waals surface area contributed by atoms with Gasteiger partial charge in [-0.05, 0) is 26.2 Å². The maximum Gasteiger partial charge on any atom is 0.126 e. The molecule has 3 nitrogen and oxygen atoms in total. The lowest BCUT2D eigenvalue weighted by molar-refractivity contribution is 0.425. The van der Waals surface area contributed by atoms with Gasteiger partial charge >= 0.3 is 0 Å². The molecule has 0 aliphatic rings. The molecule has 0 radical (unpaired) electrons. The first kappa shape index (κ1) is 10.3. The Kier molecular flexibility index (Phi) is 4.05. The van der Waals surface area contributed by atoms with E-state index in [4.69, 9.17) is 0 Å². The minimum atomic E-state index is 0.887. The lowest BCUT2D eigenvalue weighted by atomic mass is 10.4. The molecule has 1 aromatic heterocycles. The SMILES string of the molecule is CN(C)CCNc1ccc(S)cn1. The molecule has 0 saturated heterocycles. The van der Waals surface area contributed by atoms with Gasteiger partial charge in [-0.1, -0.05) is 0 Å². The molecule has 0 amide bonds. The van der Waals surface area contributed by atoms with Crippen molar-refractivity contribution in [3.63, 3.8) is 0 Å². The van der Waals surface area contributed by atoms with E-state index in [1.54, 1.807) is 6.20 Å². The van der Waals surface area contributed by atoms with Crippen molar-refractivity contribution in [1.29, 1.82) is 0 Å². The van der Waals surface area contributed by atoms with Crippen molar-refractivity contribution in [1.82, 2.24) is 9.88 Å². The number of anilines is 1. The molecule has 0 bridgehead atoms. The molecule has 0 unspecified atom stereocenters. The maximum atomic E-state index is 4.17. The monoisotopic (exact) mass is 197 g/mol. The lowest BCUT2D eigenvalue weighted by Crippen LogP contribution is -2.21. The highest BCUT2D eigenvalue weighted by Gasteiger charge is 1.93. The Balaban J connectivity index is 2.33. The van der Waals surface area contributed by atoms with Gasteiger partial charge in [0, 0.05) is 24.2 Å². The molecule has 4 heteroatoms. The van der Waals surface area contributed by atoms with Crippen molar-refractivity contribution >= 4 is 18.4 Å². The fraction of sp³-hybridized carbons (Fsp3) is 0.444. The zero-order chi connectivity index (χ0) is 9.68. The van der Waals surface area contributed by atoms with Gasteiger partial charge in [-0.15, -0.1) is 12.6 Å². The van der Waals surface area contributed by atoms with Crippen LogP contribution in [0.1, 0.15) is 0 Å². The minimum Gasteiger partial charge on any atom is -0.369 e. The second-order valence-corrected chi connectivity index (χ2v) is 3.65. The largest absolute Gasteiger partial charge is 0.369 e. The molecule has 1 rings (SSSR count). The number of nitrogens with zero attached hydrogens (tertiary/aromatic N) is 2. The number of pyridine rings is 1. The van der Waals surface area contributed by atoms with Crippen LogP contribution in [0.3, 0.4) is 0 Å². The molecule has 72 valence electrons. The molecule has 1 heterocycles. The predicted octanol–water partition coefficient (Wildman–Crippen LogP) is 1.34. The van der Waals surface area contributed by atoms with E-state index in [0.29, 0.717) is 0 Å². The summed E-state index contributed by atoms with van der Waals surface area (Å²) in [6.07, 6.45) is 1.74. The number of nitrogens with one attached hydrogen (secondary N) is 1. The van der Waals surface area contributed by atoms with E-state index in [0.717, 1.165) is 23.8 Å². The Hall–Kier alpha value is -0.740. The van der Waals surface area contributed by atoms with E-state index in [2.05, 4.69) is 27.8 Å². The summed E-state index contributed by atoms with van der Waals surface area (Å²) in [5.74, 6) is 0.902. The summed E-state index contributed by atoms with van der Waals surface area (Å²) in [6, 6.07) is 3.85. The topological polar surface area (TPSA) is 28.2 Å². The number of likely N-dealkylation sites (N-methyl/N-ethyl adjacent to an activating group) is 1. The van der Waals surface area contributed by atoms with E-state index < -0.39 is 0 Å². The number of thiol groups is 1. The van der Waals surface area contributed by atoms with E-state index in [1.807, 2.05) is 26.2 Å². The van der Waals surface area contributed by atoms with Crippen molar-refractivity contribution in [3.05, 3.63) is 18.3 Å². The van der Waals surface area contributed by atoms with Gasteiger partial charge in [0.15, 0.2) is 0 Å². The van der Waals surface area contributed by atoms with Crippen LogP contribution >= 0.6 is 12.6 Å². The Labute approximate surface area is 84.6 Å². The second-order valence-electron chi connectivity index (χ2n) is 3.13. The Morgan fingerprint density at radius 1 is 1.46 bits per heavy atom. The van der Waals surface area contributed by atoms with E-state index in [-0.39, 0.29) is 0 Å². The van der Waals surface area contributed by atoms with Gasteiger partial charge in [0.2, 0.25) is 0 Å². The van der Waals surface area contributed by atoms with Crippen molar-refractivity contribution in [2.24, 2.45) is 0 Å². The minimum absolute atomic E-state index is 0.887. The summed E-state index contributed by atoms with van der Waals surface area (Å²) >= 11 is 4.16. The summed E-state index contributed by atoms with van der Waals surface area (Å²) < 4.78 is 0. The first-order chi connectivity index (χ1) is 6.18. The van der Waals surface area contributed by atoms with Gasteiger partial charge in [0.25, 0.3) is 0 Å². The molecule has 1 aromatic rings. The molecule has 0 aromatic carbocycles. The van der Waals surface area contributed by atoms with E-state index in [9.17, 15) is 0 Å². The number of rotatable bonds is 4. The summed E-state index contributed by atoms with van der Waals surface area (Å²) in [6.45, 7) is 1.91. The smallest absolute Gasteiger partial charge is 0.126 e. The normalized spacial score (nSPS) is 10.5. The number of aromatic nitrogens is 1. The Morgan fingerprint density at radius 3 is 2.77 bits per heavy atom. The van der Waals surface area contributed by atoms with E-state index in [1.165, 1.54) is 0 Å². The van der Waals surface area contributed by atoms with Crippen LogP contribution in [0.2, 0.25) is 0 Å². The maximum absolute atomic E-state index is 4.17. The van der Waals surface area contributed by atoms with Crippen LogP contribution in [0.25, 0.3) is 0 Å². The van der Waals surface area contributed by atoms with Crippen molar-refractivity contribution < 1.29 is 0 Å². The Bertz CT molecular complexity index is 246. The zero-order valence-electron chi connectivity index (χ0n) is 7.99. The zero-order valence-corrected chi connectivity index (χ0v) is 8.88. The average Bonchev–Trinajstić information content (AvgIpc) is 2.08. The molecule has 0 saturated carbocycles. The van der Waals surface area contributed by atoms with Gasteiger partial charge in [-0.3, -0.25) is 0 Å². The molecular weight excluding hydrogens is 182 g/mol. The van der Waals surface area contributed by atoms with Crippen LogP contribution in [-0.2, 0) is 0 Å². The van der Waals surface area contributed by atoms with Gasteiger partial charge in [-0.25, -0.2) is 4.98 Å². The fourth-order valence-electron chi connectivity index (χ4n) is 0.898. The summed E-state index contributed by atoms with van der Waals surface area (Å²) in [5, 5.41) is 3.22. The van der Waals surface area contributed by atoms with Gasteiger partial charge < -0.3 is 10.2 Å². The van der Waals surface area contributed by atoms with Crippen LogP contribution in [0.4, 0.5) is 5.82 Å². The molecular formula is C9H15N3S. The molecule has 13 heavy (non-hydrogen) atoms. The van der Waals surface area contributed by atoms with Crippen molar-refractivity contribution in [3.8, 4) is 0 Å². The van der Waals surface area contributed by atoms with Crippen LogP contribution in [-0.4, -0.2) is 37.1 Å². The summed E-state index contributed by atoms with van der Waals surface area (Å²) in [5.41, 5.74) is 0. The average molecular weight is 197 g/mol.